The summed E-state index contributed by atoms with van der Waals surface area (Å²) in [5.74, 6) is -3.08. The van der Waals surface area contributed by atoms with Crippen LogP contribution in [0.5, 0.6) is 0 Å². The van der Waals surface area contributed by atoms with E-state index in [-0.39, 0.29) is 33.6 Å². The lowest BCUT2D eigenvalue weighted by Gasteiger charge is -2.20. The number of anilines is 1. The molecule has 2 aromatic heterocycles. The van der Waals surface area contributed by atoms with E-state index in [0.29, 0.717) is 22.3 Å². The highest BCUT2D eigenvalue weighted by molar-refractivity contribution is 5.92. The molecule has 0 amide bonds. The number of fused-ring (bicyclic) bond motifs is 1. The van der Waals surface area contributed by atoms with E-state index in [1.165, 1.54) is 6.07 Å². The summed E-state index contributed by atoms with van der Waals surface area (Å²) in [7, 11) is 0. The lowest BCUT2D eigenvalue weighted by Crippen LogP contribution is -2.15. The number of carboxylic acid groups (broad SMARTS) is 1. The zero-order chi connectivity index (χ0) is 24.7. The van der Waals surface area contributed by atoms with E-state index in [9.17, 15) is 23.5 Å². The van der Waals surface area contributed by atoms with Crippen molar-refractivity contribution >= 4 is 22.6 Å². The van der Waals surface area contributed by atoms with Crippen molar-refractivity contribution < 1.29 is 23.1 Å². The first-order chi connectivity index (χ1) is 16.1. The molecular formula is C26H22F2N2O4. The SMILES string of the molecule is Cc1cc(C(C)Nc2ccc(C)nc2C(=O)O)c2oc(-c3ccc(F)c(F)c3)c(C)c(=O)c2c1. The number of aryl methyl sites for hydroxylation is 2. The normalized spacial score (nSPS) is 12.1. The molecule has 8 heteroatoms. The number of hydrogen-bond acceptors (Lipinski definition) is 5. The second-order valence-corrected chi connectivity index (χ2v) is 8.27. The largest absolute Gasteiger partial charge is 0.476 e. The standard InChI is InChI=1S/C26H22F2N2O4/c1-12-9-17(15(4)30-21-8-5-13(2)29-22(21)26(32)33)25-18(10-12)23(31)14(3)24(34-25)16-6-7-19(27)20(28)11-16/h5-11,15,30H,1-4H3,(H,32,33). The highest BCUT2D eigenvalue weighted by Gasteiger charge is 2.21. The van der Waals surface area contributed by atoms with Gasteiger partial charge in [0.15, 0.2) is 22.8 Å². The molecular weight excluding hydrogens is 442 g/mol. The number of carbonyl (C=O) groups is 1. The predicted molar refractivity (Wildman–Crippen MR) is 125 cm³/mol. The van der Waals surface area contributed by atoms with Gasteiger partial charge in [0.1, 0.15) is 11.3 Å². The topological polar surface area (TPSA) is 92.4 Å². The van der Waals surface area contributed by atoms with Crippen molar-refractivity contribution in [2.75, 3.05) is 5.32 Å². The van der Waals surface area contributed by atoms with Gasteiger partial charge in [0.25, 0.3) is 0 Å². The van der Waals surface area contributed by atoms with Crippen LogP contribution in [0.25, 0.3) is 22.3 Å². The Morgan fingerprint density at radius 2 is 1.79 bits per heavy atom. The Kier molecular flexibility index (Phi) is 5.91. The molecule has 0 aliphatic rings. The van der Waals surface area contributed by atoms with Gasteiger partial charge in [0.05, 0.1) is 17.1 Å². The number of benzene rings is 2. The van der Waals surface area contributed by atoms with Crippen LogP contribution in [-0.4, -0.2) is 16.1 Å². The molecule has 1 atom stereocenters. The Labute approximate surface area is 193 Å². The molecule has 0 bridgehead atoms. The molecule has 34 heavy (non-hydrogen) atoms. The fraction of sp³-hybridized carbons (Fsp3) is 0.192. The minimum absolute atomic E-state index is 0.122. The minimum Gasteiger partial charge on any atom is -0.476 e. The first-order valence-corrected chi connectivity index (χ1v) is 10.6. The summed E-state index contributed by atoms with van der Waals surface area (Å²) in [5.41, 5.74) is 2.66. The first-order valence-electron chi connectivity index (χ1n) is 10.6. The lowest BCUT2D eigenvalue weighted by molar-refractivity contribution is 0.0691. The molecule has 2 aromatic carbocycles. The number of hydrogen-bond donors (Lipinski definition) is 2. The van der Waals surface area contributed by atoms with Gasteiger partial charge in [-0.2, -0.15) is 0 Å². The highest BCUT2D eigenvalue weighted by atomic mass is 19.2. The van der Waals surface area contributed by atoms with Crippen molar-refractivity contribution in [2.45, 2.75) is 33.7 Å². The van der Waals surface area contributed by atoms with Crippen molar-refractivity contribution in [3.8, 4) is 11.3 Å². The molecule has 2 N–H and O–H groups in total. The average Bonchev–Trinajstić information content (AvgIpc) is 2.79. The van der Waals surface area contributed by atoms with E-state index in [4.69, 9.17) is 4.42 Å². The Hall–Kier alpha value is -4.07. The third kappa shape index (κ3) is 4.14. The van der Waals surface area contributed by atoms with E-state index in [2.05, 4.69) is 10.3 Å². The zero-order valence-electron chi connectivity index (χ0n) is 19.0. The Morgan fingerprint density at radius 3 is 2.47 bits per heavy atom. The van der Waals surface area contributed by atoms with Crippen LogP contribution in [0.2, 0.25) is 0 Å². The van der Waals surface area contributed by atoms with Gasteiger partial charge >= 0.3 is 5.97 Å². The molecule has 1 unspecified atom stereocenters. The fourth-order valence-electron chi connectivity index (χ4n) is 3.95. The molecule has 2 heterocycles. The van der Waals surface area contributed by atoms with Crippen LogP contribution >= 0.6 is 0 Å². The van der Waals surface area contributed by atoms with Crippen LogP contribution < -0.4 is 10.7 Å². The number of nitrogens with one attached hydrogen (secondary N) is 1. The summed E-state index contributed by atoms with van der Waals surface area (Å²) >= 11 is 0. The van der Waals surface area contributed by atoms with Gasteiger partial charge in [0.2, 0.25) is 0 Å². The van der Waals surface area contributed by atoms with Gasteiger partial charge in [-0.25, -0.2) is 18.6 Å². The summed E-state index contributed by atoms with van der Waals surface area (Å²) < 4.78 is 33.5. The van der Waals surface area contributed by atoms with Crippen molar-refractivity contribution in [1.82, 2.24) is 4.98 Å². The van der Waals surface area contributed by atoms with Gasteiger partial charge in [-0.3, -0.25) is 4.79 Å². The lowest BCUT2D eigenvalue weighted by atomic mass is 9.98. The van der Waals surface area contributed by atoms with Crippen LogP contribution in [0.3, 0.4) is 0 Å². The Morgan fingerprint density at radius 1 is 1.06 bits per heavy atom. The molecule has 0 saturated carbocycles. The molecule has 0 aliphatic heterocycles. The third-order valence-corrected chi connectivity index (χ3v) is 5.65. The minimum atomic E-state index is -1.17. The molecule has 0 fully saturated rings. The number of aromatic nitrogens is 1. The Balaban J connectivity index is 1.89. The number of pyridine rings is 1. The van der Waals surface area contributed by atoms with Crippen LogP contribution in [-0.2, 0) is 0 Å². The molecule has 0 aliphatic carbocycles. The summed E-state index contributed by atoms with van der Waals surface area (Å²) in [6, 6.07) is 9.69. The van der Waals surface area contributed by atoms with Crippen molar-refractivity contribution in [3.63, 3.8) is 0 Å². The second-order valence-electron chi connectivity index (χ2n) is 8.27. The highest BCUT2D eigenvalue weighted by Crippen LogP contribution is 2.33. The summed E-state index contributed by atoms with van der Waals surface area (Å²) in [5, 5.41) is 13.0. The van der Waals surface area contributed by atoms with Gasteiger partial charge in [-0.15, -0.1) is 0 Å². The van der Waals surface area contributed by atoms with Gasteiger partial charge < -0.3 is 14.8 Å². The third-order valence-electron chi connectivity index (χ3n) is 5.65. The molecule has 4 rings (SSSR count). The maximum Gasteiger partial charge on any atom is 0.356 e. The van der Waals surface area contributed by atoms with Gasteiger partial charge in [0, 0.05) is 22.4 Å². The number of aromatic carboxylic acids is 1. The van der Waals surface area contributed by atoms with Crippen LogP contribution in [0.4, 0.5) is 14.5 Å². The van der Waals surface area contributed by atoms with E-state index in [1.54, 1.807) is 39.0 Å². The molecule has 0 spiro atoms. The van der Waals surface area contributed by atoms with Crippen LogP contribution in [0.1, 0.15) is 45.8 Å². The van der Waals surface area contributed by atoms with Crippen molar-refractivity contribution in [2.24, 2.45) is 0 Å². The molecule has 0 radical (unpaired) electrons. The number of nitrogens with zero attached hydrogens (tertiary/aromatic N) is 1. The van der Waals surface area contributed by atoms with E-state index >= 15 is 0 Å². The second kappa shape index (κ2) is 8.70. The molecule has 0 saturated heterocycles. The number of rotatable bonds is 5. The molecule has 6 nitrogen and oxygen atoms in total. The monoisotopic (exact) mass is 464 g/mol. The quantitative estimate of drug-likeness (QED) is 0.380. The predicted octanol–water partition coefficient (Wildman–Crippen LogP) is 5.93. The smallest absolute Gasteiger partial charge is 0.356 e. The zero-order valence-corrected chi connectivity index (χ0v) is 19.0. The Bertz CT molecular complexity index is 1510. The molecule has 4 aromatic rings. The van der Waals surface area contributed by atoms with E-state index in [1.807, 2.05) is 13.0 Å². The van der Waals surface area contributed by atoms with Gasteiger partial charge in [-0.1, -0.05) is 6.07 Å². The van der Waals surface area contributed by atoms with Crippen LogP contribution in [0.15, 0.2) is 51.7 Å². The van der Waals surface area contributed by atoms with Crippen molar-refractivity contribution in [3.05, 3.63) is 92.4 Å². The van der Waals surface area contributed by atoms with Crippen molar-refractivity contribution in [1.29, 1.82) is 0 Å². The summed E-state index contributed by atoms with van der Waals surface area (Å²) in [6.45, 7) is 6.91. The maximum atomic E-state index is 13.9. The van der Waals surface area contributed by atoms with E-state index in [0.717, 1.165) is 17.7 Å². The average molecular weight is 464 g/mol. The van der Waals surface area contributed by atoms with Gasteiger partial charge in [-0.05, 0) is 69.7 Å². The maximum absolute atomic E-state index is 13.9. The number of halogens is 2. The van der Waals surface area contributed by atoms with Crippen LogP contribution in [0, 0.1) is 32.4 Å². The number of carboxylic acids is 1. The molecule has 174 valence electrons. The first kappa shape index (κ1) is 23.1. The summed E-state index contributed by atoms with van der Waals surface area (Å²) in [4.78, 5) is 29.0. The van der Waals surface area contributed by atoms with E-state index < -0.39 is 23.6 Å². The fourth-order valence-corrected chi connectivity index (χ4v) is 3.95. The summed E-state index contributed by atoms with van der Waals surface area (Å²) in [6.07, 6.45) is 0.